The Morgan fingerprint density at radius 3 is 2.30 bits per heavy atom. The van der Waals surface area contributed by atoms with Crippen LogP contribution < -0.4 is 24.8 Å². The molecule has 1 aliphatic heterocycles. The van der Waals surface area contributed by atoms with Crippen molar-refractivity contribution in [3.8, 4) is 22.8 Å². The highest BCUT2D eigenvalue weighted by Crippen LogP contribution is 2.46. The van der Waals surface area contributed by atoms with Crippen LogP contribution in [0.25, 0.3) is 22.2 Å². The third kappa shape index (κ3) is 8.73. The van der Waals surface area contributed by atoms with E-state index in [1.807, 2.05) is 84.0 Å². The van der Waals surface area contributed by atoms with Crippen LogP contribution in [0.3, 0.4) is 0 Å². The monoisotopic (exact) mass is 802 g/mol. The number of carbonyl (C=O) groups excluding carboxylic acids is 4. The van der Waals surface area contributed by atoms with E-state index < -0.39 is 79.6 Å². The Kier molecular flexibility index (Phi) is 11.1. The minimum atomic E-state index is -3.91. The molecule has 57 heavy (non-hydrogen) atoms. The van der Waals surface area contributed by atoms with E-state index in [2.05, 4.69) is 21.9 Å². The number of pyridine rings is 1. The third-order valence-electron chi connectivity index (χ3n) is 11.1. The number of sulfonamides is 1. The van der Waals surface area contributed by atoms with E-state index in [-0.39, 0.29) is 19.4 Å². The number of ether oxygens (including phenoxy) is 2. The van der Waals surface area contributed by atoms with Crippen molar-refractivity contribution in [3.63, 3.8) is 0 Å². The molecule has 1 saturated heterocycles. The van der Waals surface area contributed by atoms with Gasteiger partial charge in [0.25, 0.3) is 5.91 Å². The molecular formula is C42H54N6O8S. The zero-order valence-electron chi connectivity index (χ0n) is 33.9. The van der Waals surface area contributed by atoms with Gasteiger partial charge in [-0.3, -0.25) is 19.1 Å². The number of likely N-dealkylation sites (tertiary alicyclic amines) is 1. The Balaban J connectivity index is 1.35. The van der Waals surface area contributed by atoms with Crippen molar-refractivity contribution in [1.29, 1.82) is 0 Å². The van der Waals surface area contributed by atoms with Crippen molar-refractivity contribution in [2.75, 3.05) is 20.7 Å². The average molecular weight is 803 g/mol. The standard InChI is InChI=1S/C42H54N6O8S/c1-10-26-23-42(26,38(51)46-57(53,54)29-17-18-29)45-36(49)33-21-28(24-48(33)37(50)35(40(2,3)4)44-39(52)47(8)41(5,6)7)56-34-22-31(25-14-12-11-13-15-25)43-32-20-27(55-9)16-19-30(32)34/h10-16,19-20,22,26,28-29,33,35H,1,17-18,21,23-24H2,2-9H3,(H,44,52)(H,45,49)(H,46,51)/t26-,28-,33+,35-,42-/m1/s1. The first-order chi connectivity index (χ1) is 26.7. The molecule has 306 valence electrons. The number of urea groups is 1. The maximum absolute atomic E-state index is 14.8. The number of carbonyl (C=O) groups is 4. The molecule has 3 aliphatic rings. The van der Waals surface area contributed by atoms with Crippen molar-refractivity contribution in [1.82, 2.24) is 30.1 Å². The van der Waals surface area contributed by atoms with Crippen LogP contribution >= 0.6 is 0 Å². The molecule has 0 bridgehead atoms. The van der Waals surface area contributed by atoms with Gasteiger partial charge in [0.05, 0.1) is 30.1 Å². The lowest BCUT2D eigenvalue weighted by Crippen LogP contribution is -2.61. The van der Waals surface area contributed by atoms with E-state index in [1.165, 1.54) is 15.9 Å². The van der Waals surface area contributed by atoms with Gasteiger partial charge in [0, 0.05) is 48.0 Å². The van der Waals surface area contributed by atoms with Crippen LogP contribution in [0, 0.1) is 11.3 Å². The van der Waals surface area contributed by atoms with Crippen molar-refractivity contribution < 1.29 is 37.1 Å². The number of aromatic nitrogens is 1. The number of hydrogen-bond acceptors (Lipinski definition) is 9. The maximum atomic E-state index is 14.8. The molecule has 2 aromatic carbocycles. The molecule has 5 atom stereocenters. The number of nitrogens with zero attached hydrogens (tertiary/aromatic N) is 3. The van der Waals surface area contributed by atoms with Gasteiger partial charge in [-0.25, -0.2) is 18.2 Å². The molecule has 2 saturated carbocycles. The summed E-state index contributed by atoms with van der Waals surface area (Å²) in [6, 6.07) is 14.2. The lowest BCUT2D eigenvalue weighted by molar-refractivity contribution is -0.142. The normalized spacial score (nSPS) is 22.6. The van der Waals surface area contributed by atoms with Crippen LogP contribution in [0.1, 0.15) is 67.2 Å². The van der Waals surface area contributed by atoms with Crippen LogP contribution in [-0.4, -0.2) is 102 Å². The molecule has 5 amide bonds. The third-order valence-corrected chi connectivity index (χ3v) is 13.0. The summed E-state index contributed by atoms with van der Waals surface area (Å²) in [4.78, 5) is 64.2. The van der Waals surface area contributed by atoms with Crippen molar-refractivity contribution in [3.05, 3.63) is 67.3 Å². The summed E-state index contributed by atoms with van der Waals surface area (Å²) in [5.74, 6) is -1.45. The Hall–Kier alpha value is -5.18. The molecule has 0 radical (unpaired) electrons. The predicted octanol–water partition coefficient (Wildman–Crippen LogP) is 4.78. The van der Waals surface area contributed by atoms with Gasteiger partial charge in [-0.1, -0.05) is 57.2 Å². The second kappa shape index (κ2) is 15.3. The van der Waals surface area contributed by atoms with Gasteiger partial charge in [0.2, 0.25) is 21.8 Å². The number of hydrogen-bond donors (Lipinski definition) is 3. The van der Waals surface area contributed by atoms with Crippen LogP contribution in [0.5, 0.6) is 11.5 Å². The van der Waals surface area contributed by atoms with Crippen LogP contribution in [0.15, 0.2) is 67.3 Å². The van der Waals surface area contributed by atoms with Crippen molar-refractivity contribution >= 4 is 44.7 Å². The van der Waals surface area contributed by atoms with Crippen LogP contribution in [0.4, 0.5) is 4.79 Å². The van der Waals surface area contributed by atoms with Crippen molar-refractivity contribution in [2.45, 2.75) is 102 Å². The molecule has 3 fully saturated rings. The Morgan fingerprint density at radius 2 is 1.72 bits per heavy atom. The second-order valence-electron chi connectivity index (χ2n) is 17.4. The first-order valence-corrected chi connectivity index (χ1v) is 20.8. The number of rotatable bonds is 12. The van der Waals surface area contributed by atoms with Crippen molar-refractivity contribution in [2.24, 2.45) is 11.3 Å². The molecule has 15 heteroatoms. The van der Waals surface area contributed by atoms with Gasteiger partial charge in [0.1, 0.15) is 35.2 Å². The highest BCUT2D eigenvalue weighted by atomic mass is 32.2. The first kappa shape index (κ1) is 41.5. The Morgan fingerprint density at radius 1 is 1.04 bits per heavy atom. The van der Waals surface area contributed by atoms with Crippen LogP contribution in [-0.2, 0) is 24.4 Å². The first-order valence-electron chi connectivity index (χ1n) is 19.2. The molecule has 1 aromatic heterocycles. The molecule has 3 aromatic rings. The van der Waals surface area contributed by atoms with Gasteiger partial charge >= 0.3 is 6.03 Å². The zero-order chi connectivity index (χ0) is 41.7. The summed E-state index contributed by atoms with van der Waals surface area (Å²) in [6.07, 6.45) is 1.88. The number of fused-ring (bicyclic) bond motifs is 1. The fourth-order valence-electron chi connectivity index (χ4n) is 7.07. The number of nitrogens with one attached hydrogen (secondary N) is 3. The summed E-state index contributed by atoms with van der Waals surface area (Å²) < 4.78 is 40.0. The van der Waals surface area contributed by atoms with Gasteiger partial charge in [-0.15, -0.1) is 6.58 Å². The lowest BCUT2D eigenvalue weighted by Gasteiger charge is -2.38. The molecular weight excluding hydrogens is 749 g/mol. The minimum Gasteiger partial charge on any atom is -0.497 e. The van der Waals surface area contributed by atoms with E-state index in [0.717, 1.165) is 5.56 Å². The molecule has 3 N–H and O–H groups in total. The summed E-state index contributed by atoms with van der Waals surface area (Å²) in [5.41, 5.74) is -0.795. The Bertz CT molecular complexity index is 2180. The molecule has 0 unspecified atom stereocenters. The summed E-state index contributed by atoms with van der Waals surface area (Å²) in [6.45, 7) is 14.9. The maximum Gasteiger partial charge on any atom is 0.318 e. The topological polar surface area (TPSA) is 176 Å². The smallest absolute Gasteiger partial charge is 0.318 e. The van der Waals surface area contributed by atoms with E-state index >= 15 is 0 Å². The predicted molar refractivity (Wildman–Crippen MR) is 217 cm³/mol. The number of methoxy groups -OCH3 is 1. The van der Waals surface area contributed by atoms with Gasteiger partial charge in [-0.2, -0.15) is 0 Å². The Labute approximate surface area is 334 Å². The zero-order valence-corrected chi connectivity index (χ0v) is 34.7. The molecule has 2 aliphatic carbocycles. The largest absolute Gasteiger partial charge is 0.497 e. The van der Waals surface area contributed by atoms with Crippen LogP contribution in [0.2, 0.25) is 0 Å². The average Bonchev–Trinajstić information content (AvgIpc) is 4.09. The number of amides is 5. The highest BCUT2D eigenvalue weighted by molar-refractivity contribution is 7.91. The number of benzene rings is 2. The molecule has 14 nitrogen and oxygen atoms in total. The minimum absolute atomic E-state index is 0.0295. The fraction of sp³-hybridized carbons (Fsp3) is 0.500. The molecule has 6 rings (SSSR count). The van der Waals surface area contributed by atoms with Gasteiger partial charge in [-0.05, 0) is 57.6 Å². The van der Waals surface area contributed by atoms with E-state index in [4.69, 9.17) is 14.5 Å². The highest BCUT2D eigenvalue weighted by Gasteiger charge is 2.62. The summed E-state index contributed by atoms with van der Waals surface area (Å²) >= 11 is 0. The lowest BCUT2D eigenvalue weighted by atomic mass is 9.85. The van der Waals surface area contributed by atoms with E-state index in [0.29, 0.717) is 40.9 Å². The van der Waals surface area contributed by atoms with Gasteiger partial charge < -0.3 is 29.9 Å². The second-order valence-corrected chi connectivity index (χ2v) is 19.4. The summed E-state index contributed by atoms with van der Waals surface area (Å²) in [5, 5.41) is 5.79. The summed E-state index contributed by atoms with van der Waals surface area (Å²) in [7, 11) is -0.696. The quantitative estimate of drug-likeness (QED) is 0.218. The van der Waals surface area contributed by atoms with E-state index in [9.17, 15) is 27.6 Å². The van der Waals surface area contributed by atoms with Gasteiger partial charge in [0.15, 0.2) is 0 Å². The van der Waals surface area contributed by atoms with E-state index in [1.54, 1.807) is 26.3 Å². The molecule has 0 spiro atoms. The SMILES string of the molecule is C=C[C@@H]1C[C@]1(NC(=O)[C@@H]1C[C@@H](Oc2cc(-c3ccccc3)nc3cc(OC)ccc23)CN1C(=O)[C@@H](NC(=O)N(C)C(C)(C)C)C(C)(C)C)C(=O)NS(=O)(=O)C1CC1. The molecule has 2 heterocycles. The fourth-order valence-corrected chi connectivity index (χ4v) is 8.43.